The summed E-state index contributed by atoms with van der Waals surface area (Å²) in [5.41, 5.74) is 0. The number of hydrogen-bond donors (Lipinski definition) is 2. The van der Waals surface area contributed by atoms with Gasteiger partial charge in [0.15, 0.2) is 0 Å². The predicted octanol–water partition coefficient (Wildman–Crippen LogP) is 0.442. The van der Waals surface area contributed by atoms with Gasteiger partial charge in [0.05, 0.1) is 6.54 Å². The zero-order valence-corrected chi connectivity index (χ0v) is 10.8. The molecule has 0 aromatic carbocycles. The first kappa shape index (κ1) is 13.5. The highest BCUT2D eigenvalue weighted by molar-refractivity contribution is 5.77. The van der Waals surface area contributed by atoms with Crippen LogP contribution in [0.4, 0.5) is 0 Å². The molecule has 0 saturated carbocycles. The molecule has 1 saturated heterocycles. The molecule has 0 bridgehead atoms. The Hall–Kier alpha value is -0.610. The number of carbonyl (C=O) groups is 1. The minimum atomic E-state index is 0.150. The SMILES string of the molecule is CCNC(=O)CN1CCC(NCC)C(C)C1. The van der Waals surface area contributed by atoms with Gasteiger partial charge in [-0.1, -0.05) is 13.8 Å². The van der Waals surface area contributed by atoms with Gasteiger partial charge in [-0.25, -0.2) is 0 Å². The number of piperidine rings is 1. The Kier molecular flexibility index (Phi) is 5.77. The summed E-state index contributed by atoms with van der Waals surface area (Å²) in [6.07, 6.45) is 1.15. The highest BCUT2D eigenvalue weighted by Crippen LogP contribution is 2.16. The molecule has 0 aliphatic carbocycles. The zero-order valence-electron chi connectivity index (χ0n) is 10.8. The van der Waals surface area contributed by atoms with Gasteiger partial charge in [-0.15, -0.1) is 0 Å². The normalized spacial score (nSPS) is 26.7. The van der Waals surface area contributed by atoms with Crippen molar-refractivity contribution in [2.24, 2.45) is 5.92 Å². The summed E-state index contributed by atoms with van der Waals surface area (Å²) < 4.78 is 0. The molecule has 1 heterocycles. The van der Waals surface area contributed by atoms with Crippen molar-refractivity contribution in [1.82, 2.24) is 15.5 Å². The Morgan fingerprint density at radius 3 is 2.69 bits per heavy atom. The summed E-state index contributed by atoms with van der Waals surface area (Å²) in [6, 6.07) is 0.621. The van der Waals surface area contributed by atoms with Crippen molar-refractivity contribution in [1.29, 1.82) is 0 Å². The van der Waals surface area contributed by atoms with E-state index in [0.717, 1.165) is 32.6 Å². The molecule has 2 unspecified atom stereocenters. The smallest absolute Gasteiger partial charge is 0.234 e. The lowest BCUT2D eigenvalue weighted by molar-refractivity contribution is -0.122. The highest BCUT2D eigenvalue weighted by atomic mass is 16.2. The first-order valence-electron chi connectivity index (χ1n) is 6.39. The van der Waals surface area contributed by atoms with Crippen LogP contribution in [0.25, 0.3) is 0 Å². The molecule has 0 aromatic rings. The molecule has 0 spiro atoms. The van der Waals surface area contributed by atoms with E-state index in [-0.39, 0.29) is 5.91 Å². The average molecular weight is 227 g/mol. The van der Waals surface area contributed by atoms with Crippen LogP contribution >= 0.6 is 0 Å². The standard InChI is InChI=1S/C12H25N3O/c1-4-13-11-6-7-15(8-10(11)3)9-12(16)14-5-2/h10-11,13H,4-9H2,1-3H3,(H,14,16). The number of rotatable bonds is 5. The van der Waals surface area contributed by atoms with E-state index in [1.165, 1.54) is 0 Å². The van der Waals surface area contributed by atoms with Gasteiger partial charge in [0.2, 0.25) is 5.91 Å². The minimum absolute atomic E-state index is 0.150. The molecule has 4 nitrogen and oxygen atoms in total. The number of carbonyl (C=O) groups excluding carboxylic acids is 1. The van der Waals surface area contributed by atoms with E-state index in [9.17, 15) is 4.79 Å². The highest BCUT2D eigenvalue weighted by Gasteiger charge is 2.25. The van der Waals surface area contributed by atoms with Gasteiger partial charge in [-0.2, -0.15) is 0 Å². The van der Waals surface area contributed by atoms with E-state index in [1.54, 1.807) is 0 Å². The maximum absolute atomic E-state index is 11.5. The van der Waals surface area contributed by atoms with E-state index in [0.29, 0.717) is 18.5 Å². The second-order valence-corrected chi connectivity index (χ2v) is 4.62. The van der Waals surface area contributed by atoms with Gasteiger partial charge >= 0.3 is 0 Å². The lowest BCUT2D eigenvalue weighted by Crippen LogP contribution is -2.50. The largest absolute Gasteiger partial charge is 0.355 e. The van der Waals surface area contributed by atoms with E-state index in [4.69, 9.17) is 0 Å². The van der Waals surface area contributed by atoms with E-state index in [1.807, 2.05) is 6.92 Å². The van der Waals surface area contributed by atoms with Crippen LogP contribution in [0.15, 0.2) is 0 Å². The van der Waals surface area contributed by atoms with Gasteiger partial charge in [-0.3, -0.25) is 9.69 Å². The van der Waals surface area contributed by atoms with Crippen LogP contribution in [0.1, 0.15) is 27.2 Å². The molecule has 16 heavy (non-hydrogen) atoms. The van der Waals surface area contributed by atoms with Gasteiger partial charge in [0, 0.05) is 25.7 Å². The molecule has 1 fully saturated rings. The second-order valence-electron chi connectivity index (χ2n) is 4.62. The molecule has 1 aliphatic rings. The molecule has 4 heteroatoms. The number of likely N-dealkylation sites (tertiary alicyclic amines) is 1. The van der Waals surface area contributed by atoms with Crippen LogP contribution in [-0.4, -0.2) is 49.6 Å². The van der Waals surface area contributed by atoms with Crippen LogP contribution in [0.5, 0.6) is 0 Å². The first-order valence-corrected chi connectivity index (χ1v) is 6.39. The zero-order chi connectivity index (χ0) is 12.0. The molecular weight excluding hydrogens is 202 g/mol. The number of hydrogen-bond acceptors (Lipinski definition) is 3. The predicted molar refractivity (Wildman–Crippen MR) is 66.4 cm³/mol. The number of nitrogens with one attached hydrogen (secondary N) is 2. The van der Waals surface area contributed by atoms with Gasteiger partial charge in [0.1, 0.15) is 0 Å². The van der Waals surface area contributed by atoms with Crippen LogP contribution in [0.3, 0.4) is 0 Å². The van der Waals surface area contributed by atoms with E-state index < -0.39 is 0 Å². The lowest BCUT2D eigenvalue weighted by atomic mass is 9.94. The van der Waals surface area contributed by atoms with Crippen LogP contribution < -0.4 is 10.6 Å². The summed E-state index contributed by atoms with van der Waals surface area (Å²) in [5, 5.41) is 6.35. The molecule has 2 atom stereocenters. The number of nitrogens with zero attached hydrogens (tertiary/aromatic N) is 1. The van der Waals surface area contributed by atoms with Crippen molar-refractivity contribution in [3.05, 3.63) is 0 Å². The van der Waals surface area contributed by atoms with Crippen molar-refractivity contribution in [2.45, 2.75) is 33.2 Å². The molecule has 94 valence electrons. The Morgan fingerprint density at radius 2 is 2.12 bits per heavy atom. The second kappa shape index (κ2) is 6.86. The topological polar surface area (TPSA) is 44.4 Å². The van der Waals surface area contributed by atoms with E-state index in [2.05, 4.69) is 29.4 Å². The van der Waals surface area contributed by atoms with Crippen molar-refractivity contribution in [2.75, 3.05) is 32.7 Å². The van der Waals surface area contributed by atoms with Crippen molar-refractivity contribution >= 4 is 5.91 Å². The molecule has 1 rings (SSSR count). The molecule has 1 aliphatic heterocycles. The quantitative estimate of drug-likeness (QED) is 0.716. The van der Waals surface area contributed by atoms with Crippen LogP contribution in [-0.2, 0) is 4.79 Å². The van der Waals surface area contributed by atoms with Crippen LogP contribution in [0, 0.1) is 5.92 Å². The Balaban J connectivity index is 2.30. The van der Waals surface area contributed by atoms with Crippen molar-refractivity contribution < 1.29 is 4.79 Å². The van der Waals surface area contributed by atoms with E-state index >= 15 is 0 Å². The fourth-order valence-corrected chi connectivity index (χ4v) is 2.40. The van der Waals surface area contributed by atoms with Gasteiger partial charge < -0.3 is 10.6 Å². The Labute approximate surface area is 98.8 Å². The summed E-state index contributed by atoms with van der Waals surface area (Å²) in [7, 11) is 0. The first-order chi connectivity index (χ1) is 7.67. The fraction of sp³-hybridized carbons (Fsp3) is 0.917. The molecule has 0 radical (unpaired) electrons. The molecule has 2 N–H and O–H groups in total. The summed E-state index contributed by atoms with van der Waals surface area (Å²) in [5.74, 6) is 0.778. The third-order valence-corrected chi connectivity index (χ3v) is 3.20. The van der Waals surface area contributed by atoms with Crippen molar-refractivity contribution in [3.8, 4) is 0 Å². The molecular formula is C12H25N3O. The minimum Gasteiger partial charge on any atom is -0.355 e. The number of likely N-dealkylation sites (N-methyl/N-ethyl adjacent to an activating group) is 1. The van der Waals surface area contributed by atoms with Gasteiger partial charge in [0.25, 0.3) is 0 Å². The summed E-state index contributed by atoms with van der Waals surface area (Å²) in [6.45, 7) is 10.7. The Morgan fingerprint density at radius 1 is 1.38 bits per heavy atom. The average Bonchev–Trinajstić information content (AvgIpc) is 2.22. The third kappa shape index (κ3) is 4.10. The van der Waals surface area contributed by atoms with Crippen LogP contribution in [0.2, 0.25) is 0 Å². The lowest BCUT2D eigenvalue weighted by Gasteiger charge is -2.36. The van der Waals surface area contributed by atoms with Gasteiger partial charge in [-0.05, 0) is 25.8 Å². The van der Waals surface area contributed by atoms with Crippen molar-refractivity contribution in [3.63, 3.8) is 0 Å². The maximum atomic E-state index is 11.5. The maximum Gasteiger partial charge on any atom is 0.234 e. The number of amides is 1. The summed E-state index contributed by atoms with van der Waals surface area (Å²) in [4.78, 5) is 13.7. The fourth-order valence-electron chi connectivity index (χ4n) is 2.40. The molecule has 1 amide bonds. The summed E-state index contributed by atoms with van der Waals surface area (Å²) >= 11 is 0. The monoisotopic (exact) mass is 227 g/mol. The molecule has 0 aromatic heterocycles. The third-order valence-electron chi connectivity index (χ3n) is 3.20. The Bertz CT molecular complexity index is 220.